The minimum Gasteiger partial charge on any atom is -0.463 e. The molecule has 1 saturated heterocycles. The van der Waals surface area contributed by atoms with Crippen LogP contribution >= 0.6 is 11.6 Å². The topological polar surface area (TPSA) is 66.8 Å². The van der Waals surface area contributed by atoms with Gasteiger partial charge in [-0.1, -0.05) is 48.7 Å². The van der Waals surface area contributed by atoms with Crippen molar-refractivity contribution in [2.45, 2.75) is 83.0 Å². The van der Waals surface area contributed by atoms with Crippen LogP contribution < -0.4 is 0 Å². The molecule has 178 valence electrons. The number of rotatable bonds is 12. The standard InChI is InChI=1S/C24H32ClF2NO4/c1-17(2)32-23(31)10-5-3-4-6-15-28-20(12-14-22(28)30)11-13-21(29)24(26,27)18-8-7-9-19(25)16-18/h7-9,11,13,16-17,20-21,29H,3-6,10,12,14-15H2,1-2H3/b13-11+/t20-,21?/m0/s1. The molecule has 0 spiro atoms. The summed E-state index contributed by atoms with van der Waals surface area (Å²) in [6, 6.07) is 4.94. The average molecular weight is 472 g/mol. The molecule has 8 heteroatoms. The normalized spacial score (nSPS) is 18.0. The van der Waals surface area contributed by atoms with Crippen molar-refractivity contribution >= 4 is 23.5 Å². The summed E-state index contributed by atoms with van der Waals surface area (Å²) in [4.78, 5) is 25.4. The summed E-state index contributed by atoms with van der Waals surface area (Å²) in [5, 5.41) is 10.3. The highest BCUT2D eigenvalue weighted by atomic mass is 35.5. The van der Waals surface area contributed by atoms with E-state index >= 15 is 0 Å². The molecule has 2 atom stereocenters. The Morgan fingerprint density at radius 3 is 2.72 bits per heavy atom. The minimum atomic E-state index is -3.49. The Balaban J connectivity index is 1.81. The highest BCUT2D eigenvalue weighted by molar-refractivity contribution is 6.30. The molecule has 0 saturated carbocycles. The van der Waals surface area contributed by atoms with E-state index in [-0.39, 0.29) is 34.6 Å². The molecule has 1 aliphatic heterocycles. The van der Waals surface area contributed by atoms with E-state index < -0.39 is 12.0 Å². The third kappa shape index (κ3) is 7.85. The van der Waals surface area contributed by atoms with Crippen molar-refractivity contribution in [3.05, 3.63) is 47.0 Å². The predicted octanol–water partition coefficient (Wildman–Crippen LogP) is 5.24. The van der Waals surface area contributed by atoms with Crippen LogP contribution in [0, 0.1) is 0 Å². The molecular weight excluding hydrogens is 440 g/mol. The van der Waals surface area contributed by atoms with E-state index in [9.17, 15) is 23.5 Å². The maximum Gasteiger partial charge on any atom is 0.306 e. The summed E-state index contributed by atoms with van der Waals surface area (Å²) in [5.41, 5.74) is -0.362. The Labute approximate surface area is 193 Å². The van der Waals surface area contributed by atoms with Crippen molar-refractivity contribution in [1.82, 2.24) is 4.90 Å². The molecule has 0 aromatic heterocycles. The number of hydrogen-bond donors (Lipinski definition) is 1. The molecule has 1 heterocycles. The molecule has 2 rings (SSSR count). The zero-order valence-electron chi connectivity index (χ0n) is 18.6. The molecule has 1 amide bonds. The summed E-state index contributed by atoms with van der Waals surface area (Å²) >= 11 is 5.79. The third-order valence-electron chi connectivity index (χ3n) is 5.37. The van der Waals surface area contributed by atoms with Crippen molar-refractivity contribution in [3.63, 3.8) is 0 Å². The fraction of sp³-hybridized carbons (Fsp3) is 0.583. The fourth-order valence-corrected chi connectivity index (χ4v) is 3.88. The van der Waals surface area contributed by atoms with Crippen LogP contribution in [0.25, 0.3) is 0 Å². The number of esters is 1. The highest BCUT2D eigenvalue weighted by Crippen LogP contribution is 2.34. The SMILES string of the molecule is CC(C)OC(=O)CCCCCCN1C(=O)CC[C@@H]1/C=C/C(O)C(F)(F)c1cccc(Cl)c1. The second kappa shape index (κ2) is 12.3. The van der Waals surface area contributed by atoms with Gasteiger partial charge in [0.15, 0.2) is 0 Å². The van der Waals surface area contributed by atoms with Crippen molar-refractivity contribution in [1.29, 1.82) is 0 Å². The number of benzene rings is 1. The fourth-order valence-electron chi connectivity index (χ4n) is 3.69. The summed E-state index contributed by atoms with van der Waals surface area (Å²) in [5.74, 6) is -3.71. The molecule has 32 heavy (non-hydrogen) atoms. The Morgan fingerprint density at radius 1 is 1.31 bits per heavy atom. The van der Waals surface area contributed by atoms with Crippen molar-refractivity contribution < 1.29 is 28.2 Å². The van der Waals surface area contributed by atoms with Gasteiger partial charge >= 0.3 is 11.9 Å². The lowest BCUT2D eigenvalue weighted by atomic mass is 10.0. The first-order valence-corrected chi connectivity index (χ1v) is 11.5. The summed E-state index contributed by atoms with van der Waals surface area (Å²) in [6.07, 6.45) is 4.89. The average Bonchev–Trinajstić information content (AvgIpc) is 3.07. The molecule has 1 N–H and O–H groups in total. The maximum atomic E-state index is 14.6. The van der Waals surface area contributed by atoms with Gasteiger partial charge in [0.05, 0.1) is 12.1 Å². The van der Waals surface area contributed by atoms with Crippen LogP contribution in [0.4, 0.5) is 8.78 Å². The lowest BCUT2D eigenvalue weighted by Crippen LogP contribution is -2.34. The highest BCUT2D eigenvalue weighted by Gasteiger charge is 2.39. The van der Waals surface area contributed by atoms with E-state index in [1.54, 1.807) is 4.90 Å². The van der Waals surface area contributed by atoms with Gasteiger partial charge in [-0.2, -0.15) is 8.78 Å². The molecule has 1 aromatic carbocycles. The molecule has 1 fully saturated rings. The number of alkyl halides is 2. The van der Waals surface area contributed by atoms with Crippen LogP contribution in [0.2, 0.25) is 5.02 Å². The van der Waals surface area contributed by atoms with Crippen LogP contribution in [0.1, 0.15) is 64.4 Å². The molecular formula is C24H32ClF2NO4. The van der Waals surface area contributed by atoms with E-state index in [0.29, 0.717) is 25.8 Å². The van der Waals surface area contributed by atoms with E-state index in [4.69, 9.17) is 16.3 Å². The second-order valence-electron chi connectivity index (χ2n) is 8.36. The van der Waals surface area contributed by atoms with Gasteiger partial charge in [0.1, 0.15) is 6.10 Å². The van der Waals surface area contributed by atoms with Crippen molar-refractivity contribution in [2.75, 3.05) is 6.54 Å². The van der Waals surface area contributed by atoms with Gasteiger partial charge in [-0.05, 0) is 45.2 Å². The second-order valence-corrected chi connectivity index (χ2v) is 8.80. The van der Waals surface area contributed by atoms with E-state index in [0.717, 1.165) is 37.8 Å². The van der Waals surface area contributed by atoms with Gasteiger partial charge in [-0.3, -0.25) is 9.59 Å². The molecule has 5 nitrogen and oxygen atoms in total. The largest absolute Gasteiger partial charge is 0.463 e. The molecule has 0 aliphatic carbocycles. The monoisotopic (exact) mass is 471 g/mol. The maximum absolute atomic E-state index is 14.6. The van der Waals surface area contributed by atoms with Crippen LogP contribution in [0.15, 0.2) is 36.4 Å². The molecule has 0 radical (unpaired) electrons. The Bertz CT molecular complexity index is 800. The predicted molar refractivity (Wildman–Crippen MR) is 120 cm³/mol. The van der Waals surface area contributed by atoms with Gasteiger partial charge in [0.2, 0.25) is 5.91 Å². The van der Waals surface area contributed by atoms with Gasteiger partial charge in [0, 0.05) is 30.0 Å². The third-order valence-corrected chi connectivity index (χ3v) is 5.60. The van der Waals surface area contributed by atoms with Crippen LogP contribution in [0.3, 0.4) is 0 Å². The van der Waals surface area contributed by atoms with Gasteiger partial charge < -0.3 is 14.7 Å². The number of aliphatic hydroxyl groups excluding tert-OH is 1. The number of carbonyl (C=O) groups excluding carboxylic acids is 2. The number of hydrogen-bond acceptors (Lipinski definition) is 4. The number of amides is 1. The van der Waals surface area contributed by atoms with Crippen LogP contribution in [0.5, 0.6) is 0 Å². The van der Waals surface area contributed by atoms with E-state index in [1.165, 1.54) is 24.3 Å². The number of unbranched alkanes of at least 4 members (excludes halogenated alkanes) is 3. The zero-order chi connectivity index (χ0) is 23.7. The number of nitrogens with zero attached hydrogens (tertiary/aromatic N) is 1. The first-order valence-electron chi connectivity index (χ1n) is 11.1. The lowest BCUT2D eigenvalue weighted by Gasteiger charge is -2.24. The number of aliphatic hydroxyl groups is 1. The summed E-state index contributed by atoms with van der Waals surface area (Å²) < 4.78 is 34.2. The lowest BCUT2D eigenvalue weighted by molar-refractivity contribution is -0.147. The Morgan fingerprint density at radius 2 is 2.03 bits per heavy atom. The first kappa shape index (κ1) is 26.3. The number of ether oxygens (including phenoxy) is 1. The molecule has 1 unspecified atom stereocenters. The number of carbonyl (C=O) groups is 2. The number of halogens is 3. The van der Waals surface area contributed by atoms with Gasteiger partial charge in [-0.15, -0.1) is 0 Å². The van der Waals surface area contributed by atoms with E-state index in [2.05, 4.69) is 0 Å². The Kier molecular flexibility index (Phi) is 10.1. The van der Waals surface area contributed by atoms with Crippen LogP contribution in [-0.2, 0) is 20.2 Å². The van der Waals surface area contributed by atoms with Gasteiger partial charge in [-0.25, -0.2) is 0 Å². The summed E-state index contributed by atoms with van der Waals surface area (Å²) in [7, 11) is 0. The molecule has 0 bridgehead atoms. The van der Waals surface area contributed by atoms with E-state index in [1.807, 2.05) is 13.8 Å². The smallest absolute Gasteiger partial charge is 0.306 e. The quantitative estimate of drug-likeness (QED) is 0.257. The zero-order valence-corrected chi connectivity index (χ0v) is 19.4. The minimum absolute atomic E-state index is 0.0174. The Hall–Kier alpha value is -1.99. The summed E-state index contributed by atoms with van der Waals surface area (Å²) in [6.45, 7) is 4.14. The number of likely N-dealkylation sites (tertiary alicyclic amines) is 1. The van der Waals surface area contributed by atoms with Gasteiger partial charge in [0.25, 0.3) is 0 Å². The van der Waals surface area contributed by atoms with Crippen molar-refractivity contribution in [3.8, 4) is 0 Å². The molecule has 1 aliphatic rings. The first-order chi connectivity index (χ1) is 15.1. The molecule has 1 aromatic rings. The van der Waals surface area contributed by atoms with Crippen molar-refractivity contribution in [2.24, 2.45) is 0 Å². The van der Waals surface area contributed by atoms with Crippen LogP contribution in [-0.4, -0.2) is 46.7 Å².